The first-order valence-corrected chi connectivity index (χ1v) is 5.71. The number of likely N-dealkylation sites (N-methyl/N-ethyl adjacent to an activating group) is 1. The van der Waals surface area contributed by atoms with Crippen LogP contribution in [0.3, 0.4) is 0 Å². The third-order valence-corrected chi connectivity index (χ3v) is 2.79. The number of aryl methyl sites for hydroxylation is 1. The van der Waals surface area contributed by atoms with Crippen molar-refractivity contribution in [3.63, 3.8) is 0 Å². The topological polar surface area (TPSA) is 94.2 Å². The van der Waals surface area contributed by atoms with Crippen LogP contribution in [0.5, 0.6) is 0 Å². The second kappa shape index (κ2) is 5.03. The van der Waals surface area contributed by atoms with E-state index < -0.39 is 0 Å². The molecule has 0 spiro atoms. The lowest BCUT2D eigenvalue weighted by Gasteiger charge is -2.31. The number of H-pyrrole nitrogens is 1. The Morgan fingerprint density at radius 3 is 2.89 bits per heavy atom. The number of carbonyl (C=O) groups is 2. The zero-order valence-electron chi connectivity index (χ0n) is 10.4. The quantitative estimate of drug-likeness (QED) is 0.713. The Bertz CT molecular complexity index is 457. The van der Waals surface area contributed by atoms with Crippen molar-refractivity contribution in [2.45, 2.75) is 13.5 Å². The van der Waals surface area contributed by atoms with Crippen LogP contribution in [0.25, 0.3) is 0 Å². The number of hydrogen-bond acceptors (Lipinski definition) is 4. The molecule has 8 nitrogen and oxygen atoms in total. The van der Waals surface area contributed by atoms with E-state index in [-0.39, 0.29) is 25.0 Å². The van der Waals surface area contributed by atoms with Crippen LogP contribution in [0, 0.1) is 6.92 Å². The molecule has 1 saturated heterocycles. The smallest absolute Gasteiger partial charge is 0.318 e. The molecule has 3 amide bonds. The lowest BCUT2D eigenvalue weighted by atomic mass is 10.3. The first kappa shape index (κ1) is 12.3. The van der Waals surface area contributed by atoms with Gasteiger partial charge in [-0.05, 0) is 6.92 Å². The molecular formula is C10H16N6O2. The van der Waals surface area contributed by atoms with E-state index in [1.165, 1.54) is 4.90 Å². The van der Waals surface area contributed by atoms with Gasteiger partial charge in [0.05, 0.1) is 6.54 Å². The van der Waals surface area contributed by atoms with Gasteiger partial charge < -0.3 is 15.1 Å². The van der Waals surface area contributed by atoms with Crippen molar-refractivity contribution in [2.24, 2.45) is 0 Å². The van der Waals surface area contributed by atoms with Crippen LogP contribution in [0.4, 0.5) is 4.79 Å². The molecular weight excluding hydrogens is 236 g/mol. The molecule has 0 atom stereocenters. The summed E-state index contributed by atoms with van der Waals surface area (Å²) in [4.78, 5) is 30.5. The Hall–Kier alpha value is -2.12. The van der Waals surface area contributed by atoms with Crippen molar-refractivity contribution in [3.8, 4) is 0 Å². The Kier molecular flexibility index (Phi) is 3.45. The SMILES string of the molecule is Cc1nc(CNC(=O)N2CCN(C)C(=O)C2)n[nH]1. The number of aromatic amines is 1. The number of nitrogens with zero attached hydrogens (tertiary/aromatic N) is 4. The maximum atomic E-state index is 11.8. The average Bonchev–Trinajstić information content (AvgIpc) is 2.75. The van der Waals surface area contributed by atoms with E-state index in [0.717, 1.165) is 0 Å². The first-order valence-electron chi connectivity index (χ1n) is 5.71. The van der Waals surface area contributed by atoms with Crippen LogP contribution >= 0.6 is 0 Å². The van der Waals surface area contributed by atoms with Gasteiger partial charge in [-0.2, -0.15) is 5.10 Å². The highest BCUT2D eigenvalue weighted by molar-refractivity contribution is 5.85. The van der Waals surface area contributed by atoms with Crippen molar-refractivity contribution >= 4 is 11.9 Å². The van der Waals surface area contributed by atoms with Crippen LogP contribution in [-0.2, 0) is 11.3 Å². The van der Waals surface area contributed by atoms with Gasteiger partial charge in [0.25, 0.3) is 0 Å². The predicted octanol–water partition coefficient (Wildman–Crippen LogP) is -0.903. The second-order valence-corrected chi connectivity index (χ2v) is 4.23. The van der Waals surface area contributed by atoms with Gasteiger partial charge in [0.1, 0.15) is 12.4 Å². The molecule has 1 aromatic heterocycles. The summed E-state index contributed by atoms with van der Waals surface area (Å²) in [5.41, 5.74) is 0. The van der Waals surface area contributed by atoms with Crippen molar-refractivity contribution in [1.29, 1.82) is 0 Å². The molecule has 0 aliphatic carbocycles. The number of rotatable bonds is 2. The van der Waals surface area contributed by atoms with Gasteiger partial charge in [-0.25, -0.2) is 9.78 Å². The minimum atomic E-state index is -0.265. The summed E-state index contributed by atoms with van der Waals surface area (Å²) in [5, 5.41) is 9.30. The summed E-state index contributed by atoms with van der Waals surface area (Å²) >= 11 is 0. The van der Waals surface area contributed by atoms with Crippen molar-refractivity contribution < 1.29 is 9.59 Å². The van der Waals surface area contributed by atoms with E-state index in [1.54, 1.807) is 18.9 Å². The summed E-state index contributed by atoms with van der Waals surface area (Å²) < 4.78 is 0. The number of nitrogens with one attached hydrogen (secondary N) is 2. The highest BCUT2D eigenvalue weighted by Crippen LogP contribution is 2.01. The predicted molar refractivity (Wildman–Crippen MR) is 62.6 cm³/mol. The highest BCUT2D eigenvalue weighted by Gasteiger charge is 2.24. The molecule has 0 bridgehead atoms. The zero-order chi connectivity index (χ0) is 13.1. The van der Waals surface area contributed by atoms with E-state index in [9.17, 15) is 9.59 Å². The number of hydrogen-bond donors (Lipinski definition) is 2. The molecule has 0 radical (unpaired) electrons. The lowest BCUT2D eigenvalue weighted by Crippen LogP contribution is -2.53. The van der Waals surface area contributed by atoms with Crippen LogP contribution < -0.4 is 5.32 Å². The standard InChI is InChI=1S/C10H16N6O2/c1-7-12-8(14-13-7)5-11-10(18)16-4-3-15(2)9(17)6-16/h3-6H2,1-2H3,(H,11,18)(H,12,13,14). The number of aromatic nitrogens is 3. The molecule has 8 heteroatoms. The maximum Gasteiger partial charge on any atom is 0.318 e. The highest BCUT2D eigenvalue weighted by atomic mass is 16.2. The monoisotopic (exact) mass is 252 g/mol. The number of amides is 3. The molecule has 1 aromatic rings. The molecule has 18 heavy (non-hydrogen) atoms. The largest absolute Gasteiger partial charge is 0.342 e. The second-order valence-electron chi connectivity index (χ2n) is 4.23. The third-order valence-electron chi connectivity index (χ3n) is 2.79. The van der Waals surface area contributed by atoms with E-state index in [4.69, 9.17) is 0 Å². The normalized spacial score (nSPS) is 16.0. The number of piperazine rings is 1. The van der Waals surface area contributed by atoms with E-state index in [1.807, 2.05) is 0 Å². The van der Waals surface area contributed by atoms with Gasteiger partial charge in [0, 0.05) is 20.1 Å². The Morgan fingerprint density at radius 2 is 2.28 bits per heavy atom. The molecule has 2 heterocycles. The van der Waals surface area contributed by atoms with Gasteiger partial charge in [-0.1, -0.05) is 0 Å². The van der Waals surface area contributed by atoms with Crippen LogP contribution in [0.1, 0.15) is 11.6 Å². The summed E-state index contributed by atoms with van der Waals surface area (Å²) in [5.74, 6) is 1.18. The molecule has 0 unspecified atom stereocenters. The summed E-state index contributed by atoms with van der Waals surface area (Å²) in [6.07, 6.45) is 0. The molecule has 1 fully saturated rings. The molecule has 1 aliphatic heterocycles. The fraction of sp³-hybridized carbons (Fsp3) is 0.600. The first-order chi connectivity index (χ1) is 8.56. The Balaban J connectivity index is 1.83. The van der Waals surface area contributed by atoms with Crippen LogP contribution in [0.2, 0.25) is 0 Å². The van der Waals surface area contributed by atoms with Crippen molar-refractivity contribution in [2.75, 3.05) is 26.7 Å². The van der Waals surface area contributed by atoms with Gasteiger partial charge in [0.15, 0.2) is 5.82 Å². The van der Waals surface area contributed by atoms with E-state index in [2.05, 4.69) is 20.5 Å². The van der Waals surface area contributed by atoms with Gasteiger partial charge in [-0.3, -0.25) is 9.89 Å². The molecule has 0 aromatic carbocycles. The zero-order valence-corrected chi connectivity index (χ0v) is 10.4. The summed E-state index contributed by atoms with van der Waals surface area (Å²) in [6, 6.07) is -0.265. The Morgan fingerprint density at radius 1 is 1.50 bits per heavy atom. The maximum absolute atomic E-state index is 11.8. The Labute approximate surface area is 104 Å². The third kappa shape index (κ3) is 2.76. The van der Waals surface area contributed by atoms with Crippen LogP contribution in [-0.4, -0.2) is 63.6 Å². The molecule has 1 aliphatic rings. The number of urea groups is 1. The van der Waals surface area contributed by atoms with Gasteiger partial charge >= 0.3 is 6.03 Å². The lowest BCUT2D eigenvalue weighted by molar-refractivity contribution is -0.133. The van der Waals surface area contributed by atoms with Gasteiger partial charge in [0.2, 0.25) is 5.91 Å². The molecule has 98 valence electrons. The van der Waals surface area contributed by atoms with E-state index in [0.29, 0.717) is 24.7 Å². The van der Waals surface area contributed by atoms with Crippen molar-refractivity contribution in [3.05, 3.63) is 11.6 Å². The fourth-order valence-electron chi connectivity index (χ4n) is 1.67. The summed E-state index contributed by atoms with van der Waals surface area (Å²) in [7, 11) is 1.73. The average molecular weight is 252 g/mol. The van der Waals surface area contributed by atoms with Crippen molar-refractivity contribution in [1.82, 2.24) is 30.3 Å². The summed E-state index contributed by atoms with van der Waals surface area (Å²) in [6.45, 7) is 3.27. The molecule has 0 saturated carbocycles. The minimum absolute atomic E-state index is 0.0508. The minimum Gasteiger partial charge on any atom is -0.342 e. The van der Waals surface area contributed by atoms with E-state index >= 15 is 0 Å². The fourth-order valence-corrected chi connectivity index (χ4v) is 1.67. The van der Waals surface area contributed by atoms with Gasteiger partial charge in [-0.15, -0.1) is 0 Å². The molecule has 2 rings (SSSR count). The van der Waals surface area contributed by atoms with Crippen LogP contribution in [0.15, 0.2) is 0 Å². The molecule has 2 N–H and O–H groups in total. The number of carbonyl (C=O) groups excluding carboxylic acids is 2.